The SMILES string of the molecule is O=C(O)C1COC2(CCS(=O)(=O)C2)CN1. The zero-order valence-corrected chi connectivity index (χ0v) is 8.92. The molecule has 2 heterocycles. The van der Waals surface area contributed by atoms with Crippen LogP contribution in [0, 0.1) is 0 Å². The van der Waals surface area contributed by atoms with E-state index in [-0.39, 0.29) is 18.1 Å². The van der Waals surface area contributed by atoms with Crippen molar-refractivity contribution in [2.45, 2.75) is 18.1 Å². The number of rotatable bonds is 1. The molecule has 2 fully saturated rings. The lowest BCUT2D eigenvalue weighted by atomic mass is 10.0. The molecule has 2 atom stereocenters. The molecular weight excluding hydrogens is 222 g/mol. The van der Waals surface area contributed by atoms with Crippen LogP contribution in [-0.2, 0) is 19.4 Å². The van der Waals surface area contributed by atoms with Gasteiger partial charge >= 0.3 is 5.97 Å². The first kappa shape index (κ1) is 10.8. The molecular formula is C8H13NO5S. The van der Waals surface area contributed by atoms with Gasteiger partial charge in [0.05, 0.1) is 23.7 Å². The molecule has 86 valence electrons. The van der Waals surface area contributed by atoms with Crippen LogP contribution in [-0.4, -0.2) is 55.8 Å². The maximum atomic E-state index is 11.3. The summed E-state index contributed by atoms with van der Waals surface area (Å²) in [6.45, 7) is 0.327. The summed E-state index contributed by atoms with van der Waals surface area (Å²) in [5, 5.41) is 11.5. The van der Waals surface area contributed by atoms with E-state index >= 15 is 0 Å². The number of sulfone groups is 1. The zero-order chi connectivity index (χ0) is 11.1. The molecule has 0 saturated carbocycles. The van der Waals surface area contributed by atoms with Crippen LogP contribution in [0.1, 0.15) is 6.42 Å². The van der Waals surface area contributed by atoms with Gasteiger partial charge in [0.15, 0.2) is 9.84 Å². The highest BCUT2D eigenvalue weighted by Gasteiger charge is 2.46. The molecule has 15 heavy (non-hydrogen) atoms. The highest BCUT2D eigenvalue weighted by molar-refractivity contribution is 7.91. The number of hydrogen-bond donors (Lipinski definition) is 2. The predicted molar refractivity (Wildman–Crippen MR) is 51.4 cm³/mol. The second kappa shape index (κ2) is 3.43. The number of aliphatic carboxylic acids is 1. The lowest BCUT2D eigenvalue weighted by Crippen LogP contribution is -2.57. The summed E-state index contributed by atoms with van der Waals surface area (Å²) in [6.07, 6.45) is 0.453. The number of ether oxygens (including phenoxy) is 1. The Morgan fingerprint density at radius 3 is 2.67 bits per heavy atom. The van der Waals surface area contributed by atoms with E-state index in [1.807, 2.05) is 0 Å². The molecule has 6 nitrogen and oxygen atoms in total. The Morgan fingerprint density at radius 1 is 1.53 bits per heavy atom. The van der Waals surface area contributed by atoms with Crippen molar-refractivity contribution >= 4 is 15.8 Å². The predicted octanol–water partition coefficient (Wildman–Crippen LogP) is -1.38. The molecule has 0 radical (unpaired) electrons. The van der Waals surface area contributed by atoms with Gasteiger partial charge in [-0.2, -0.15) is 0 Å². The van der Waals surface area contributed by atoms with E-state index in [2.05, 4.69) is 5.32 Å². The van der Waals surface area contributed by atoms with Crippen LogP contribution >= 0.6 is 0 Å². The van der Waals surface area contributed by atoms with Crippen LogP contribution in [0.3, 0.4) is 0 Å². The summed E-state index contributed by atoms with van der Waals surface area (Å²) >= 11 is 0. The standard InChI is InChI=1S/C8H13NO5S/c10-7(11)6-3-14-8(4-9-6)1-2-15(12,13)5-8/h6,9H,1-5H2,(H,10,11). The average molecular weight is 235 g/mol. The lowest BCUT2D eigenvalue weighted by molar-refractivity contribution is -0.147. The van der Waals surface area contributed by atoms with Gasteiger partial charge in [-0.3, -0.25) is 10.1 Å². The molecule has 0 bridgehead atoms. The summed E-state index contributed by atoms with van der Waals surface area (Å²) < 4.78 is 28.0. The molecule has 2 unspecified atom stereocenters. The first-order valence-electron chi connectivity index (χ1n) is 4.73. The number of carboxylic acid groups (broad SMARTS) is 1. The Morgan fingerprint density at radius 2 is 2.27 bits per heavy atom. The van der Waals surface area contributed by atoms with E-state index < -0.39 is 27.4 Å². The minimum atomic E-state index is -3.00. The fourth-order valence-electron chi connectivity index (χ4n) is 1.98. The van der Waals surface area contributed by atoms with Gasteiger partial charge in [0.25, 0.3) is 0 Å². The van der Waals surface area contributed by atoms with Crippen LogP contribution < -0.4 is 5.32 Å². The second-order valence-electron chi connectivity index (χ2n) is 4.11. The van der Waals surface area contributed by atoms with Crippen molar-refractivity contribution in [2.75, 3.05) is 24.7 Å². The normalized spacial score (nSPS) is 39.3. The van der Waals surface area contributed by atoms with Gasteiger partial charge in [-0.1, -0.05) is 0 Å². The smallest absolute Gasteiger partial charge is 0.323 e. The van der Waals surface area contributed by atoms with Gasteiger partial charge < -0.3 is 9.84 Å². The third-order valence-corrected chi connectivity index (χ3v) is 4.67. The van der Waals surface area contributed by atoms with E-state index in [1.54, 1.807) is 0 Å². The third kappa shape index (κ3) is 2.14. The molecule has 2 aliphatic rings. The Hall–Kier alpha value is -0.660. The molecule has 0 amide bonds. The molecule has 2 saturated heterocycles. The average Bonchev–Trinajstić information content (AvgIpc) is 2.43. The maximum absolute atomic E-state index is 11.3. The Kier molecular flexibility index (Phi) is 2.48. The van der Waals surface area contributed by atoms with Gasteiger partial charge in [-0.15, -0.1) is 0 Å². The van der Waals surface area contributed by atoms with Crippen LogP contribution in [0.4, 0.5) is 0 Å². The van der Waals surface area contributed by atoms with Crippen molar-refractivity contribution in [3.05, 3.63) is 0 Å². The third-order valence-electron chi connectivity index (χ3n) is 2.88. The van der Waals surface area contributed by atoms with E-state index in [0.29, 0.717) is 13.0 Å². The molecule has 0 aromatic carbocycles. The van der Waals surface area contributed by atoms with E-state index in [0.717, 1.165) is 0 Å². The van der Waals surface area contributed by atoms with E-state index in [4.69, 9.17) is 9.84 Å². The zero-order valence-electron chi connectivity index (χ0n) is 8.10. The van der Waals surface area contributed by atoms with Gasteiger partial charge in [0.1, 0.15) is 6.04 Å². The molecule has 0 aliphatic carbocycles. The molecule has 1 spiro atoms. The summed E-state index contributed by atoms with van der Waals surface area (Å²) in [7, 11) is -3.00. The van der Waals surface area contributed by atoms with E-state index in [1.165, 1.54) is 0 Å². The van der Waals surface area contributed by atoms with Crippen LogP contribution in [0.2, 0.25) is 0 Å². The fraction of sp³-hybridized carbons (Fsp3) is 0.875. The second-order valence-corrected chi connectivity index (χ2v) is 6.29. The number of carbonyl (C=O) groups is 1. The van der Waals surface area contributed by atoms with Crippen molar-refractivity contribution in [1.29, 1.82) is 0 Å². The summed E-state index contributed by atoms with van der Waals surface area (Å²) in [5.74, 6) is -0.836. The van der Waals surface area contributed by atoms with Crippen LogP contribution in [0.15, 0.2) is 0 Å². The van der Waals surface area contributed by atoms with Crippen LogP contribution in [0.5, 0.6) is 0 Å². The molecule has 0 aromatic heterocycles. The molecule has 2 rings (SSSR count). The number of hydrogen-bond acceptors (Lipinski definition) is 5. The summed E-state index contributed by atoms with van der Waals surface area (Å²) in [6, 6.07) is -0.723. The molecule has 2 aliphatic heterocycles. The number of carboxylic acids is 1. The van der Waals surface area contributed by atoms with Gasteiger partial charge in [0.2, 0.25) is 0 Å². The van der Waals surface area contributed by atoms with Crippen molar-refractivity contribution in [3.8, 4) is 0 Å². The van der Waals surface area contributed by atoms with Gasteiger partial charge in [-0.05, 0) is 6.42 Å². The Labute approximate surface area is 87.5 Å². The minimum Gasteiger partial charge on any atom is -0.480 e. The van der Waals surface area contributed by atoms with Crippen molar-refractivity contribution in [1.82, 2.24) is 5.32 Å². The highest BCUT2D eigenvalue weighted by atomic mass is 32.2. The Balaban J connectivity index is 2.02. The molecule has 7 heteroatoms. The van der Waals surface area contributed by atoms with Crippen molar-refractivity contribution in [3.63, 3.8) is 0 Å². The summed E-state index contributed by atoms with van der Waals surface area (Å²) in [5.41, 5.74) is -0.690. The first-order chi connectivity index (χ1) is 6.93. The fourth-order valence-corrected chi connectivity index (χ4v) is 3.94. The van der Waals surface area contributed by atoms with Crippen molar-refractivity contribution < 1.29 is 23.1 Å². The number of nitrogens with one attached hydrogen (secondary N) is 1. The lowest BCUT2D eigenvalue weighted by Gasteiger charge is -2.35. The van der Waals surface area contributed by atoms with Gasteiger partial charge in [0, 0.05) is 6.54 Å². The minimum absolute atomic E-state index is 0.000656. The summed E-state index contributed by atoms with van der Waals surface area (Å²) in [4.78, 5) is 10.6. The molecule has 2 N–H and O–H groups in total. The van der Waals surface area contributed by atoms with Crippen LogP contribution in [0.25, 0.3) is 0 Å². The first-order valence-corrected chi connectivity index (χ1v) is 6.55. The quantitative estimate of drug-likeness (QED) is 0.581. The van der Waals surface area contributed by atoms with Crippen molar-refractivity contribution in [2.24, 2.45) is 0 Å². The number of morpholine rings is 1. The molecule has 0 aromatic rings. The monoisotopic (exact) mass is 235 g/mol. The maximum Gasteiger partial charge on any atom is 0.323 e. The highest BCUT2D eigenvalue weighted by Crippen LogP contribution is 2.29. The Bertz CT molecular complexity index is 368. The topological polar surface area (TPSA) is 92.7 Å². The largest absolute Gasteiger partial charge is 0.480 e. The van der Waals surface area contributed by atoms with E-state index in [9.17, 15) is 13.2 Å². The van der Waals surface area contributed by atoms with Gasteiger partial charge in [-0.25, -0.2) is 8.42 Å².